The lowest BCUT2D eigenvalue weighted by molar-refractivity contribution is -0.129. The highest BCUT2D eigenvalue weighted by Crippen LogP contribution is 1.91. The van der Waals surface area contributed by atoms with Crippen LogP contribution in [0.25, 0.3) is 0 Å². The molecule has 5 nitrogen and oxygen atoms in total. The van der Waals surface area contributed by atoms with Crippen LogP contribution in [0.15, 0.2) is 12.7 Å². The zero-order chi connectivity index (χ0) is 12.7. The van der Waals surface area contributed by atoms with Crippen molar-refractivity contribution < 1.29 is 9.59 Å². The second-order valence-corrected chi connectivity index (χ2v) is 4.02. The largest absolute Gasteiger partial charge is 0.352 e. The van der Waals surface area contributed by atoms with Crippen molar-refractivity contribution in [1.29, 1.82) is 0 Å². The van der Waals surface area contributed by atoms with Gasteiger partial charge in [-0.1, -0.05) is 6.08 Å². The molecule has 0 fully saturated rings. The van der Waals surface area contributed by atoms with Gasteiger partial charge in [0.1, 0.15) is 6.04 Å². The number of carbonyl (C=O) groups excluding carboxylic acids is 2. The Kier molecular flexibility index (Phi) is 6.41. The summed E-state index contributed by atoms with van der Waals surface area (Å²) in [6, 6.07) is -1.17. The first-order valence-corrected chi connectivity index (χ1v) is 5.35. The molecule has 0 aromatic rings. The lowest BCUT2D eigenvalue weighted by Crippen LogP contribution is -2.51. The van der Waals surface area contributed by atoms with Gasteiger partial charge >= 0.3 is 0 Å². The molecule has 0 radical (unpaired) electrons. The molecule has 0 aromatic heterocycles. The number of rotatable bonds is 6. The molecule has 2 atom stereocenters. The predicted octanol–water partition coefficient (Wildman–Crippen LogP) is -0.0809. The molecule has 5 heteroatoms. The highest BCUT2D eigenvalue weighted by atomic mass is 16.2. The molecule has 2 amide bonds. The van der Waals surface area contributed by atoms with Crippen LogP contribution in [0, 0.1) is 0 Å². The van der Waals surface area contributed by atoms with Crippen molar-refractivity contribution in [2.24, 2.45) is 5.73 Å². The third-order valence-electron chi connectivity index (χ3n) is 1.94. The Morgan fingerprint density at radius 2 is 1.81 bits per heavy atom. The van der Waals surface area contributed by atoms with Crippen molar-refractivity contribution in [3.8, 4) is 0 Å². The number of nitrogens with two attached hydrogens (primary N) is 1. The normalized spacial score (nSPS) is 14.1. The maximum absolute atomic E-state index is 11.5. The summed E-state index contributed by atoms with van der Waals surface area (Å²) in [6.45, 7) is 8.83. The molecule has 2 unspecified atom stereocenters. The third-order valence-corrected chi connectivity index (χ3v) is 1.94. The van der Waals surface area contributed by atoms with E-state index in [4.69, 9.17) is 5.73 Å². The zero-order valence-corrected chi connectivity index (χ0v) is 10.1. The minimum Gasteiger partial charge on any atom is -0.352 e. The van der Waals surface area contributed by atoms with E-state index in [1.54, 1.807) is 13.0 Å². The fraction of sp³-hybridized carbons (Fsp3) is 0.636. The number of hydrogen-bond acceptors (Lipinski definition) is 3. The van der Waals surface area contributed by atoms with E-state index in [9.17, 15) is 9.59 Å². The van der Waals surface area contributed by atoms with Crippen LogP contribution in [0.5, 0.6) is 0 Å². The Morgan fingerprint density at radius 1 is 1.25 bits per heavy atom. The van der Waals surface area contributed by atoms with Crippen LogP contribution in [0.4, 0.5) is 0 Å². The predicted molar refractivity (Wildman–Crippen MR) is 63.7 cm³/mol. The molecule has 0 aliphatic rings. The van der Waals surface area contributed by atoms with Gasteiger partial charge in [-0.15, -0.1) is 6.58 Å². The standard InChI is InChI=1S/C11H21N3O2/c1-5-6-9(12)11(16)14-8(4)10(15)13-7(2)3/h5,7-9H,1,6,12H2,2-4H3,(H,13,15)(H,14,16). The molecule has 0 aromatic carbocycles. The molecule has 0 aliphatic heterocycles. The van der Waals surface area contributed by atoms with Gasteiger partial charge in [0.2, 0.25) is 11.8 Å². The van der Waals surface area contributed by atoms with Crippen molar-refractivity contribution in [3.63, 3.8) is 0 Å². The van der Waals surface area contributed by atoms with Gasteiger partial charge in [-0.2, -0.15) is 0 Å². The van der Waals surface area contributed by atoms with E-state index in [2.05, 4.69) is 17.2 Å². The van der Waals surface area contributed by atoms with Gasteiger partial charge in [0.05, 0.1) is 6.04 Å². The van der Waals surface area contributed by atoms with E-state index in [0.29, 0.717) is 6.42 Å². The maximum atomic E-state index is 11.5. The monoisotopic (exact) mass is 227 g/mol. The average Bonchev–Trinajstić information content (AvgIpc) is 2.16. The van der Waals surface area contributed by atoms with Crippen LogP contribution >= 0.6 is 0 Å². The van der Waals surface area contributed by atoms with E-state index in [1.807, 2.05) is 13.8 Å². The SMILES string of the molecule is C=CCC(N)C(=O)NC(C)C(=O)NC(C)C. The fourth-order valence-corrected chi connectivity index (χ4v) is 1.08. The zero-order valence-electron chi connectivity index (χ0n) is 10.1. The molecule has 16 heavy (non-hydrogen) atoms. The van der Waals surface area contributed by atoms with Crippen LogP contribution in [0.1, 0.15) is 27.2 Å². The van der Waals surface area contributed by atoms with Crippen molar-refractivity contribution in [3.05, 3.63) is 12.7 Å². The van der Waals surface area contributed by atoms with Crippen LogP contribution in [0.3, 0.4) is 0 Å². The average molecular weight is 227 g/mol. The Morgan fingerprint density at radius 3 is 2.25 bits per heavy atom. The van der Waals surface area contributed by atoms with Crippen LogP contribution in [-0.4, -0.2) is 29.9 Å². The van der Waals surface area contributed by atoms with E-state index < -0.39 is 12.1 Å². The summed E-state index contributed by atoms with van der Waals surface area (Å²) in [6.07, 6.45) is 1.97. The van der Waals surface area contributed by atoms with E-state index >= 15 is 0 Å². The summed E-state index contributed by atoms with van der Waals surface area (Å²) in [7, 11) is 0. The minimum atomic E-state index is -0.646. The van der Waals surface area contributed by atoms with Gasteiger partial charge in [-0.25, -0.2) is 0 Å². The third kappa shape index (κ3) is 5.50. The molecule has 0 saturated heterocycles. The Hall–Kier alpha value is -1.36. The number of amides is 2. The van der Waals surface area contributed by atoms with Gasteiger partial charge in [-0.3, -0.25) is 9.59 Å². The summed E-state index contributed by atoms with van der Waals surface area (Å²) in [4.78, 5) is 23.0. The Labute approximate surface area is 96.5 Å². The quantitative estimate of drug-likeness (QED) is 0.555. The lowest BCUT2D eigenvalue weighted by atomic mass is 10.2. The fourth-order valence-electron chi connectivity index (χ4n) is 1.08. The second-order valence-electron chi connectivity index (χ2n) is 4.02. The van der Waals surface area contributed by atoms with Crippen molar-refractivity contribution >= 4 is 11.8 Å². The highest BCUT2D eigenvalue weighted by molar-refractivity contribution is 5.89. The Bertz CT molecular complexity index is 264. The summed E-state index contributed by atoms with van der Waals surface area (Å²) >= 11 is 0. The molecule has 0 rings (SSSR count). The number of carbonyl (C=O) groups is 2. The topological polar surface area (TPSA) is 84.2 Å². The summed E-state index contributed by atoms with van der Waals surface area (Å²) < 4.78 is 0. The molecule has 4 N–H and O–H groups in total. The van der Waals surface area contributed by atoms with Crippen molar-refractivity contribution in [1.82, 2.24) is 10.6 Å². The summed E-state index contributed by atoms with van der Waals surface area (Å²) in [5.74, 6) is -0.555. The van der Waals surface area contributed by atoms with Crippen LogP contribution in [-0.2, 0) is 9.59 Å². The van der Waals surface area contributed by atoms with E-state index in [1.165, 1.54) is 0 Å². The first-order valence-electron chi connectivity index (χ1n) is 5.35. The highest BCUT2D eigenvalue weighted by Gasteiger charge is 2.19. The summed E-state index contributed by atoms with van der Waals surface area (Å²) in [5, 5.41) is 5.25. The molecule has 92 valence electrons. The molecule has 0 aliphatic carbocycles. The second kappa shape index (κ2) is 7.00. The van der Waals surface area contributed by atoms with Crippen LogP contribution in [0.2, 0.25) is 0 Å². The first-order chi connectivity index (χ1) is 7.38. The summed E-state index contributed by atoms with van der Waals surface area (Å²) in [5.41, 5.74) is 5.56. The van der Waals surface area contributed by atoms with Crippen LogP contribution < -0.4 is 16.4 Å². The van der Waals surface area contributed by atoms with E-state index in [0.717, 1.165) is 0 Å². The first kappa shape index (κ1) is 14.6. The molecular formula is C11H21N3O2. The maximum Gasteiger partial charge on any atom is 0.242 e. The van der Waals surface area contributed by atoms with Gasteiger partial charge in [0.25, 0.3) is 0 Å². The van der Waals surface area contributed by atoms with Gasteiger partial charge in [0.15, 0.2) is 0 Å². The van der Waals surface area contributed by atoms with Gasteiger partial charge in [0, 0.05) is 6.04 Å². The number of hydrogen-bond donors (Lipinski definition) is 3. The van der Waals surface area contributed by atoms with Crippen molar-refractivity contribution in [2.45, 2.75) is 45.3 Å². The van der Waals surface area contributed by atoms with Gasteiger partial charge < -0.3 is 16.4 Å². The lowest BCUT2D eigenvalue weighted by Gasteiger charge is -2.17. The number of nitrogens with one attached hydrogen (secondary N) is 2. The van der Waals surface area contributed by atoms with E-state index in [-0.39, 0.29) is 17.9 Å². The van der Waals surface area contributed by atoms with Crippen molar-refractivity contribution in [2.75, 3.05) is 0 Å². The minimum absolute atomic E-state index is 0.0497. The molecule has 0 spiro atoms. The molecule has 0 saturated carbocycles. The smallest absolute Gasteiger partial charge is 0.242 e. The molecule has 0 bridgehead atoms. The molecular weight excluding hydrogens is 206 g/mol. The molecule has 0 heterocycles. The van der Waals surface area contributed by atoms with Gasteiger partial charge in [-0.05, 0) is 27.2 Å². The Balaban J connectivity index is 4.12.